The number of carbonyl (C=O) groups is 2. The Kier molecular flexibility index (Phi) is 7.01. The highest BCUT2D eigenvalue weighted by Gasteiger charge is 2.47. The van der Waals surface area contributed by atoms with E-state index in [2.05, 4.69) is 54.3 Å². The molecule has 2 fully saturated rings. The number of hydrogen-bond acceptors (Lipinski definition) is 2. The van der Waals surface area contributed by atoms with Gasteiger partial charge in [-0.25, -0.2) is 0 Å². The summed E-state index contributed by atoms with van der Waals surface area (Å²) < 4.78 is 0. The first-order valence-corrected chi connectivity index (χ1v) is 11.5. The lowest BCUT2D eigenvalue weighted by Gasteiger charge is -2.27. The standard InChI is InChI=1S/C26H31N3O2/c1-21-11-12-23-24(20-21)26(31)29(25(23)30)15-6-5-13-27-16-18-28(19-17-27)14-7-10-22-8-3-2-4-9-22/h2-4,7-11,23-24H,12-20H2,1H3/p+2/b10-7+/t23-,24+/m0/s1. The molecule has 0 radical (unpaired) electrons. The van der Waals surface area contributed by atoms with Crippen LogP contribution in [0.1, 0.15) is 25.3 Å². The molecule has 162 valence electrons. The summed E-state index contributed by atoms with van der Waals surface area (Å²) in [6.45, 7) is 8.66. The molecular formula is C26H33N3O2+2. The molecule has 2 atom stereocenters. The van der Waals surface area contributed by atoms with Crippen LogP contribution in [0, 0.1) is 23.7 Å². The van der Waals surface area contributed by atoms with Gasteiger partial charge in [-0.1, -0.05) is 54.0 Å². The lowest BCUT2D eigenvalue weighted by molar-refractivity contribution is -1.01. The van der Waals surface area contributed by atoms with E-state index in [1.807, 2.05) is 13.0 Å². The Balaban J connectivity index is 1.18. The maximum atomic E-state index is 12.6. The minimum atomic E-state index is -0.157. The average Bonchev–Trinajstić information content (AvgIpc) is 3.02. The summed E-state index contributed by atoms with van der Waals surface area (Å²) in [6, 6.07) is 10.4. The molecule has 1 aliphatic carbocycles. The van der Waals surface area contributed by atoms with Gasteiger partial charge in [0.25, 0.3) is 0 Å². The van der Waals surface area contributed by atoms with Crippen molar-refractivity contribution in [3.63, 3.8) is 0 Å². The summed E-state index contributed by atoms with van der Waals surface area (Å²) in [4.78, 5) is 29.7. The van der Waals surface area contributed by atoms with E-state index < -0.39 is 0 Å². The number of carbonyl (C=O) groups excluding carboxylic acids is 2. The van der Waals surface area contributed by atoms with E-state index in [9.17, 15) is 9.59 Å². The van der Waals surface area contributed by atoms with E-state index in [-0.39, 0.29) is 30.2 Å². The Hall–Kier alpha value is -2.68. The van der Waals surface area contributed by atoms with Gasteiger partial charge in [0.2, 0.25) is 11.8 Å². The molecule has 2 heterocycles. The molecule has 0 aromatic heterocycles. The Labute approximate surface area is 185 Å². The number of likely N-dealkylation sites (tertiary alicyclic amines) is 1. The molecule has 0 bridgehead atoms. The quantitative estimate of drug-likeness (QED) is 0.396. The van der Waals surface area contributed by atoms with Gasteiger partial charge < -0.3 is 9.80 Å². The minimum Gasteiger partial charge on any atom is -0.322 e. The van der Waals surface area contributed by atoms with Gasteiger partial charge in [-0.15, -0.1) is 0 Å². The maximum absolute atomic E-state index is 12.6. The highest BCUT2D eigenvalue weighted by Crippen LogP contribution is 2.37. The van der Waals surface area contributed by atoms with Gasteiger partial charge in [-0.2, -0.15) is 0 Å². The fourth-order valence-corrected chi connectivity index (χ4v) is 4.85. The van der Waals surface area contributed by atoms with Crippen molar-refractivity contribution in [2.24, 2.45) is 11.8 Å². The number of nitrogens with one attached hydrogen (secondary N) is 2. The Morgan fingerprint density at radius 2 is 1.71 bits per heavy atom. The van der Waals surface area contributed by atoms with Gasteiger partial charge in [0.05, 0.1) is 24.9 Å². The smallest absolute Gasteiger partial charge is 0.234 e. The highest BCUT2D eigenvalue weighted by atomic mass is 16.2. The van der Waals surface area contributed by atoms with Gasteiger partial charge in [0, 0.05) is 0 Å². The molecule has 0 unspecified atom stereocenters. The summed E-state index contributed by atoms with van der Waals surface area (Å²) in [5, 5.41) is 0. The van der Waals surface area contributed by atoms with Crippen LogP contribution in [-0.2, 0) is 9.59 Å². The minimum absolute atomic E-state index is 0.0233. The molecule has 0 saturated carbocycles. The van der Waals surface area contributed by atoms with Crippen molar-refractivity contribution in [1.82, 2.24) is 4.90 Å². The van der Waals surface area contributed by atoms with Crippen LogP contribution in [0.25, 0.3) is 6.08 Å². The zero-order valence-electron chi connectivity index (χ0n) is 18.4. The van der Waals surface area contributed by atoms with Gasteiger partial charge in [0.15, 0.2) is 0 Å². The first-order valence-electron chi connectivity index (χ1n) is 11.5. The molecule has 5 nitrogen and oxygen atoms in total. The SMILES string of the molecule is CC1=CC[C@@H]2C(=O)N(CC#CC[NH+]3CC[NH+](C/C=C/c4ccccc4)CC3)C(=O)[C@@H]2C1. The number of nitrogens with zero attached hydrogens (tertiary/aromatic N) is 1. The third-order valence-corrected chi connectivity index (χ3v) is 6.80. The predicted molar refractivity (Wildman–Crippen MR) is 121 cm³/mol. The van der Waals surface area contributed by atoms with Crippen molar-refractivity contribution in [2.45, 2.75) is 19.8 Å². The number of quaternary nitrogens is 2. The fraction of sp³-hybridized carbons (Fsp3) is 0.462. The van der Waals surface area contributed by atoms with Crippen LogP contribution in [0.2, 0.25) is 0 Å². The third-order valence-electron chi connectivity index (χ3n) is 6.80. The van der Waals surface area contributed by atoms with Gasteiger partial charge in [-0.3, -0.25) is 14.5 Å². The lowest BCUT2D eigenvalue weighted by atomic mass is 9.82. The monoisotopic (exact) mass is 419 g/mol. The predicted octanol–water partition coefficient (Wildman–Crippen LogP) is -0.172. The van der Waals surface area contributed by atoms with Crippen LogP contribution in [0.5, 0.6) is 0 Å². The first-order chi connectivity index (χ1) is 15.1. The topological polar surface area (TPSA) is 46.3 Å². The normalized spacial score (nSPS) is 28.3. The van der Waals surface area contributed by atoms with E-state index >= 15 is 0 Å². The second kappa shape index (κ2) is 10.1. The van der Waals surface area contributed by atoms with Gasteiger partial charge in [-0.05, 0) is 37.3 Å². The molecule has 2 amide bonds. The van der Waals surface area contributed by atoms with Gasteiger partial charge in [0.1, 0.15) is 32.7 Å². The first kappa shape index (κ1) is 21.5. The summed E-state index contributed by atoms with van der Waals surface area (Å²) in [7, 11) is 0. The van der Waals surface area contributed by atoms with Crippen molar-refractivity contribution < 1.29 is 19.4 Å². The number of allylic oxidation sites excluding steroid dienone is 2. The Bertz CT molecular complexity index is 917. The highest BCUT2D eigenvalue weighted by molar-refractivity contribution is 6.05. The van der Waals surface area contributed by atoms with E-state index in [1.54, 1.807) is 4.90 Å². The summed E-state index contributed by atoms with van der Waals surface area (Å²) in [5.41, 5.74) is 2.47. The Morgan fingerprint density at radius 1 is 1.00 bits per heavy atom. The van der Waals surface area contributed by atoms with Crippen LogP contribution >= 0.6 is 0 Å². The number of piperazine rings is 1. The summed E-state index contributed by atoms with van der Waals surface area (Å²) in [6.07, 6.45) is 7.99. The number of imide groups is 1. The van der Waals surface area contributed by atoms with E-state index in [4.69, 9.17) is 0 Å². The number of hydrogen-bond donors (Lipinski definition) is 2. The van der Waals surface area contributed by atoms with Crippen molar-refractivity contribution in [3.05, 3.63) is 53.6 Å². The maximum Gasteiger partial charge on any atom is 0.234 e. The summed E-state index contributed by atoms with van der Waals surface area (Å²) in [5.74, 6) is 5.96. The van der Waals surface area contributed by atoms with Crippen LogP contribution in [-0.4, -0.2) is 62.5 Å². The van der Waals surface area contributed by atoms with Crippen LogP contribution in [0.15, 0.2) is 48.1 Å². The molecule has 5 heteroatoms. The van der Waals surface area contributed by atoms with Crippen LogP contribution in [0.4, 0.5) is 0 Å². The third kappa shape index (κ3) is 5.33. The van der Waals surface area contributed by atoms with Crippen LogP contribution in [0.3, 0.4) is 0 Å². The zero-order valence-corrected chi connectivity index (χ0v) is 18.4. The molecule has 3 aliphatic rings. The number of fused-ring (bicyclic) bond motifs is 1. The van der Waals surface area contributed by atoms with Crippen molar-refractivity contribution >= 4 is 17.9 Å². The average molecular weight is 420 g/mol. The largest absolute Gasteiger partial charge is 0.322 e. The van der Waals surface area contributed by atoms with Crippen LogP contribution < -0.4 is 9.80 Å². The number of amides is 2. The van der Waals surface area contributed by atoms with Crippen molar-refractivity contribution in [2.75, 3.05) is 45.8 Å². The molecule has 2 aliphatic heterocycles. The Morgan fingerprint density at radius 3 is 2.48 bits per heavy atom. The van der Waals surface area contributed by atoms with Crippen molar-refractivity contribution in [1.29, 1.82) is 0 Å². The fourth-order valence-electron chi connectivity index (χ4n) is 4.85. The molecule has 0 spiro atoms. The van der Waals surface area contributed by atoms with Gasteiger partial charge >= 0.3 is 0 Å². The number of benzene rings is 1. The molecule has 31 heavy (non-hydrogen) atoms. The molecule has 2 N–H and O–H groups in total. The van der Waals surface area contributed by atoms with E-state index in [1.165, 1.54) is 20.9 Å². The molecular weight excluding hydrogens is 386 g/mol. The second-order valence-electron chi connectivity index (χ2n) is 9.01. The molecule has 2 saturated heterocycles. The van der Waals surface area contributed by atoms with E-state index in [0.717, 1.165) is 45.7 Å². The lowest BCUT2D eigenvalue weighted by Crippen LogP contribution is -3.28. The van der Waals surface area contributed by atoms with Crippen molar-refractivity contribution in [3.8, 4) is 11.8 Å². The number of rotatable bonds is 5. The molecule has 1 aromatic rings. The summed E-state index contributed by atoms with van der Waals surface area (Å²) >= 11 is 0. The molecule has 4 rings (SSSR count). The zero-order chi connectivity index (χ0) is 21.6. The van der Waals surface area contributed by atoms with E-state index in [0.29, 0.717) is 6.42 Å². The second-order valence-corrected chi connectivity index (χ2v) is 9.01. The molecule has 1 aromatic carbocycles.